The van der Waals surface area contributed by atoms with Crippen LogP contribution in [0.15, 0.2) is 24.3 Å². The van der Waals surface area contributed by atoms with E-state index in [4.69, 9.17) is 17.0 Å². The van der Waals surface area contributed by atoms with Gasteiger partial charge in [-0.1, -0.05) is 18.2 Å². The fraction of sp³-hybridized carbons (Fsp3) is 0.333. The van der Waals surface area contributed by atoms with Crippen molar-refractivity contribution in [1.82, 2.24) is 10.6 Å². The largest absolute Gasteiger partial charge is 0.493 e. The number of amides is 1. The molecule has 1 aromatic rings. The highest BCUT2D eigenvalue weighted by molar-refractivity contribution is 7.80. The first-order chi connectivity index (χ1) is 8.08. The number of thiocarbonyl (C=S) groups is 1. The van der Waals surface area contributed by atoms with E-state index >= 15 is 0 Å². The minimum absolute atomic E-state index is 0.158. The predicted octanol–water partition coefficient (Wildman–Crippen LogP) is 1.30. The maximum atomic E-state index is 11.9. The minimum Gasteiger partial charge on any atom is -0.493 e. The Labute approximate surface area is 105 Å². The van der Waals surface area contributed by atoms with Crippen molar-refractivity contribution in [2.75, 3.05) is 6.61 Å². The quantitative estimate of drug-likeness (QED) is 0.794. The zero-order valence-electron chi connectivity index (χ0n) is 9.74. The molecule has 1 fully saturated rings. The molecule has 1 aliphatic heterocycles. The van der Waals surface area contributed by atoms with Crippen LogP contribution in [0.4, 0.5) is 0 Å². The molecule has 1 aromatic carbocycles. The summed E-state index contributed by atoms with van der Waals surface area (Å²) in [5.41, 5.74) is -0.0674. The molecule has 0 spiro atoms. The van der Waals surface area contributed by atoms with Crippen molar-refractivity contribution in [3.05, 3.63) is 29.8 Å². The van der Waals surface area contributed by atoms with Gasteiger partial charge in [0.1, 0.15) is 11.3 Å². The van der Waals surface area contributed by atoms with Crippen molar-refractivity contribution in [3.63, 3.8) is 0 Å². The maximum absolute atomic E-state index is 11.9. The lowest BCUT2D eigenvalue weighted by molar-refractivity contribution is -0.123. The summed E-state index contributed by atoms with van der Waals surface area (Å²) in [4.78, 5) is 11.9. The molecule has 1 amide bonds. The Balaban J connectivity index is 2.46. The van der Waals surface area contributed by atoms with E-state index in [1.165, 1.54) is 0 Å². The van der Waals surface area contributed by atoms with Gasteiger partial charge in [-0.05, 0) is 32.1 Å². The Hall–Kier alpha value is -1.62. The fourth-order valence-corrected chi connectivity index (χ4v) is 2.19. The molecule has 0 aliphatic carbocycles. The molecular weight excluding hydrogens is 236 g/mol. The molecule has 1 heterocycles. The van der Waals surface area contributed by atoms with Crippen molar-refractivity contribution in [2.24, 2.45) is 0 Å². The van der Waals surface area contributed by atoms with Crippen LogP contribution in [0.2, 0.25) is 0 Å². The van der Waals surface area contributed by atoms with Gasteiger partial charge in [0.25, 0.3) is 5.91 Å². The normalized spacial score (nSPS) is 23.2. The zero-order valence-corrected chi connectivity index (χ0v) is 10.6. The first-order valence-corrected chi connectivity index (χ1v) is 5.84. The monoisotopic (exact) mass is 250 g/mol. The van der Waals surface area contributed by atoms with E-state index in [1.54, 1.807) is 6.92 Å². The van der Waals surface area contributed by atoms with Crippen LogP contribution >= 0.6 is 12.2 Å². The SMILES string of the molecule is CCOc1ccccc1C1(C)NC(=S)NC1=O. The third-order valence-electron chi connectivity index (χ3n) is 2.77. The number of ether oxygens (including phenoxy) is 1. The number of carbonyl (C=O) groups excluding carboxylic acids is 1. The van der Waals surface area contributed by atoms with Gasteiger partial charge in [-0.15, -0.1) is 0 Å². The predicted molar refractivity (Wildman–Crippen MR) is 68.8 cm³/mol. The molecule has 0 aromatic heterocycles. The van der Waals surface area contributed by atoms with Crippen LogP contribution in [-0.2, 0) is 10.3 Å². The zero-order chi connectivity index (χ0) is 12.5. The second-order valence-electron chi connectivity index (χ2n) is 3.96. The summed E-state index contributed by atoms with van der Waals surface area (Å²) in [6.07, 6.45) is 0. The second kappa shape index (κ2) is 4.33. The van der Waals surface area contributed by atoms with Crippen molar-refractivity contribution in [2.45, 2.75) is 19.4 Å². The standard InChI is InChI=1S/C12H14N2O2S/c1-3-16-9-7-5-4-6-8(9)12(2)10(15)13-11(17)14-12/h4-7H,3H2,1-2H3,(H2,13,14,15,17). The Kier molecular flexibility index (Phi) is 3.02. The van der Waals surface area contributed by atoms with Crippen molar-refractivity contribution >= 4 is 23.2 Å². The summed E-state index contributed by atoms with van der Waals surface area (Å²) in [6, 6.07) is 7.47. The molecule has 0 saturated carbocycles. The molecule has 1 saturated heterocycles. The van der Waals surface area contributed by atoms with Crippen LogP contribution in [0.1, 0.15) is 19.4 Å². The van der Waals surface area contributed by atoms with Crippen LogP contribution in [0.3, 0.4) is 0 Å². The van der Waals surface area contributed by atoms with Gasteiger partial charge in [0.05, 0.1) is 6.61 Å². The molecule has 1 unspecified atom stereocenters. The Morgan fingerprint density at radius 3 is 2.71 bits per heavy atom. The van der Waals surface area contributed by atoms with Crippen molar-refractivity contribution in [3.8, 4) is 5.75 Å². The van der Waals surface area contributed by atoms with Crippen LogP contribution in [-0.4, -0.2) is 17.6 Å². The molecule has 0 bridgehead atoms. The van der Waals surface area contributed by atoms with Gasteiger partial charge >= 0.3 is 0 Å². The summed E-state index contributed by atoms with van der Waals surface area (Å²) in [5.74, 6) is 0.541. The summed E-state index contributed by atoms with van der Waals surface area (Å²) < 4.78 is 5.53. The van der Waals surface area contributed by atoms with E-state index in [2.05, 4.69) is 10.6 Å². The number of hydrogen-bond donors (Lipinski definition) is 2. The molecular formula is C12H14N2O2S. The van der Waals surface area contributed by atoms with Crippen LogP contribution in [0.25, 0.3) is 0 Å². The summed E-state index contributed by atoms with van der Waals surface area (Å²) in [6.45, 7) is 4.25. The molecule has 1 atom stereocenters. The number of carbonyl (C=O) groups is 1. The first-order valence-electron chi connectivity index (χ1n) is 5.44. The van der Waals surface area contributed by atoms with E-state index in [-0.39, 0.29) is 5.91 Å². The third-order valence-corrected chi connectivity index (χ3v) is 2.97. The number of rotatable bonds is 3. The molecule has 1 aliphatic rings. The third kappa shape index (κ3) is 1.98. The average molecular weight is 250 g/mol. The number of hydrogen-bond acceptors (Lipinski definition) is 3. The molecule has 0 radical (unpaired) electrons. The van der Waals surface area contributed by atoms with Crippen molar-refractivity contribution in [1.29, 1.82) is 0 Å². The van der Waals surface area contributed by atoms with E-state index < -0.39 is 5.54 Å². The highest BCUT2D eigenvalue weighted by Crippen LogP contribution is 2.32. The van der Waals surface area contributed by atoms with Crippen LogP contribution in [0.5, 0.6) is 5.75 Å². The Morgan fingerprint density at radius 2 is 2.12 bits per heavy atom. The summed E-state index contributed by atoms with van der Waals surface area (Å²) in [5, 5.41) is 5.94. The summed E-state index contributed by atoms with van der Waals surface area (Å²) in [7, 11) is 0. The number of benzene rings is 1. The number of para-hydroxylation sites is 1. The number of nitrogens with one attached hydrogen (secondary N) is 2. The molecule has 17 heavy (non-hydrogen) atoms. The highest BCUT2D eigenvalue weighted by Gasteiger charge is 2.43. The highest BCUT2D eigenvalue weighted by atomic mass is 32.1. The lowest BCUT2D eigenvalue weighted by Crippen LogP contribution is -2.40. The maximum Gasteiger partial charge on any atom is 0.256 e. The Morgan fingerprint density at radius 1 is 1.41 bits per heavy atom. The van der Waals surface area contributed by atoms with E-state index in [9.17, 15) is 4.79 Å². The van der Waals surface area contributed by atoms with Crippen LogP contribution < -0.4 is 15.4 Å². The van der Waals surface area contributed by atoms with E-state index in [0.717, 1.165) is 5.56 Å². The van der Waals surface area contributed by atoms with Gasteiger partial charge in [-0.3, -0.25) is 4.79 Å². The van der Waals surface area contributed by atoms with Gasteiger partial charge in [-0.2, -0.15) is 0 Å². The van der Waals surface area contributed by atoms with Crippen molar-refractivity contribution < 1.29 is 9.53 Å². The molecule has 2 N–H and O–H groups in total. The van der Waals surface area contributed by atoms with E-state index in [0.29, 0.717) is 17.5 Å². The molecule has 4 nitrogen and oxygen atoms in total. The average Bonchev–Trinajstić information content (AvgIpc) is 2.55. The van der Waals surface area contributed by atoms with Gasteiger partial charge in [0, 0.05) is 5.56 Å². The van der Waals surface area contributed by atoms with Gasteiger partial charge in [0.15, 0.2) is 5.11 Å². The smallest absolute Gasteiger partial charge is 0.256 e. The molecule has 2 rings (SSSR count). The lowest BCUT2D eigenvalue weighted by atomic mass is 9.91. The lowest BCUT2D eigenvalue weighted by Gasteiger charge is -2.24. The molecule has 5 heteroatoms. The van der Waals surface area contributed by atoms with Gasteiger partial charge in [0.2, 0.25) is 0 Å². The van der Waals surface area contributed by atoms with Gasteiger partial charge in [-0.25, -0.2) is 0 Å². The Bertz CT molecular complexity index is 475. The summed E-state index contributed by atoms with van der Waals surface area (Å²) >= 11 is 4.97. The van der Waals surface area contributed by atoms with Gasteiger partial charge < -0.3 is 15.4 Å². The minimum atomic E-state index is -0.858. The first kappa shape index (κ1) is 11.9. The topological polar surface area (TPSA) is 50.4 Å². The second-order valence-corrected chi connectivity index (χ2v) is 4.37. The molecule has 90 valence electrons. The van der Waals surface area contributed by atoms with Crippen LogP contribution in [0, 0.1) is 0 Å². The van der Waals surface area contributed by atoms with E-state index in [1.807, 2.05) is 31.2 Å². The fourth-order valence-electron chi connectivity index (χ4n) is 1.89.